The van der Waals surface area contributed by atoms with Crippen LogP contribution in [0.1, 0.15) is 28.8 Å². The SMILES string of the molecule is Cc1ccc(OC(=O)c2ccc(N3CCC[C@@H](C(N)=O)C3)cc2)cc1. The lowest BCUT2D eigenvalue weighted by Gasteiger charge is -2.33. The van der Waals surface area contributed by atoms with Crippen molar-refractivity contribution in [2.45, 2.75) is 19.8 Å². The Balaban J connectivity index is 1.66. The average Bonchev–Trinajstić information content (AvgIpc) is 2.64. The van der Waals surface area contributed by atoms with Gasteiger partial charge in [0.05, 0.1) is 11.5 Å². The van der Waals surface area contributed by atoms with Crippen molar-refractivity contribution in [2.24, 2.45) is 11.7 Å². The number of piperidine rings is 1. The van der Waals surface area contributed by atoms with Crippen LogP contribution in [-0.4, -0.2) is 25.0 Å². The average molecular weight is 338 g/mol. The summed E-state index contributed by atoms with van der Waals surface area (Å²) in [5.74, 6) is -0.216. The molecular formula is C20H22N2O3. The molecule has 0 aliphatic carbocycles. The van der Waals surface area contributed by atoms with Crippen LogP contribution in [0.25, 0.3) is 0 Å². The zero-order chi connectivity index (χ0) is 17.8. The predicted octanol–water partition coefficient (Wildman–Crippen LogP) is 2.92. The Morgan fingerprint density at radius 3 is 2.40 bits per heavy atom. The number of ether oxygens (including phenoxy) is 1. The number of carbonyl (C=O) groups is 2. The largest absolute Gasteiger partial charge is 0.423 e. The monoisotopic (exact) mass is 338 g/mol. The molecule has 1 amide bonds. The Labute approximate surface area is 147 Å². The number of carbonyl (C=O) groups excluding carboxylic acids is 2. The molecule has 5 nitrogen and oxygen atoms in total. The summed E-state index contributed by atoms with van der Waals surface area (Å²) in [5, 5.41) is 0. The molecule has 2 N–H and O–H groups in total. The van der Waals surface area contributed by atoms with Crippen molar-refractivity contribution in [1.29, 1.82) is 0 Å². The lowest BCUT2D eigenvalue weighted by atomic mass is 9.97. The maximum Gasteiger partial charge on any atom is 0.343 e. The van der Waals surface area contributed by atoms with Crippen LogP contribution in [0.15, 0.2) is 48.5 Å². The molecule has 1 heterocycles. The Kier molecular flexibility index (Phi) is 5.03. The second-order valence-corrected chi connectivity index (χ2v) is 6.44. The number of rotatable bonds is 4. The highest BCUT2D eigenvalue weighted by Crippen LogP contribution is 2.24. The Bertz CT molecular complexity index is 754. The summed E-state index contributed by atoms with van der Waals surface area (Å²) >= 11 is 0. The Morgan fingerprint density at radius 1 is 1.08 bits per heavy atom. The van der Waals surface area contributed by atoms with Crippen molar-refractivity contribution < 1.29 is 14.3 Å². The topological polar surface area (TPSA) is 72.6 Å². The first kappa shape index (κ1) is 17.0. The molecule has 1 aliphatic heterocycles. The number of anilines is 1. The minimum atomic E-state index is -0.385. The molecule has 0 saturated carbocycles. The van der Waals surface area contributed by atoms with Gasteiger partial charge in [-0.05, 0) is 56.2 Å². The number of primary amides is 1. The number of hydrogen-bond acceptors (Lipinski definition) is 4. The first-order valence-electron chi connectivity index (χ1n) is 8.46. The van der Waals surface area contributed by atoms with Crippen LogP contribution in [0.5, 0.6) is 5.75 Å². The summed E-state index contributed by atoms with van der Waals surface area (Å²) in [6.45, 7) is 3.49. The first-order chi connectivity index (χ1) is 12.0. The first-order valence-corrected chi connectivity index (χ1v) is 8.46. The smallest absolute Gasteiger partial charge is 0.343 e. The molecule has 25 heavy (non-hydrogen) atoms. The second kappa shape index (κ2) is 7.38. The van der Waals surface area contributed by atoms with E-state index in [1.54, 1.807) is 24.3 Å². The fraction of sp³-hybridized carbons (Fsp3) is 0.300. The normalized spacial score (nSPS) is 17.2. The molecule has 5 heteroatoms. The van der Waals surface area contributed by atoms with Crippen molar-refractivity contribution in [1.82, 2.24) is 0 Å². The third kappa shape index (κ3) is 4.18. The fourth-order valence-electron chi connectivity index (χ4n) is 3.02. The van der Waals surface area contributed by atoms with Crippen molar-refractivity contribution in [3.8, 4) is 5.75 Å². The minimum absolute atomic E-state index is 0.111. The number of aryl methyl sites for hydroxylation is 1. The maximum atomic E-state index is 12.2. The van der Waals surface area contributed by atoms with Crippen molar-refractivity contribution in [2.75, 3.05) is 18.0 Å². The highest BCUT2D eigenvalue weighted by Gasteiger charge is 2.24. The van der Waals surface area contributed by atoms with Crippen LogP contribution in [0.2, 0.25) is 0 Å². The van der Waals surface area contributed by atoms with E-state index in [0.29, 0.717) is 17.9 Å². The van der Waals surface area contributed by atoms with Crippen LogP contribution in [0.3, 0.4) is 0 Å². The number of nitrogens with two attached hydrogens (primary N) is 1. The minimum Gasteiger partial charge on any atom is -0.423 e. The van der Waals surface area contributed by atoms with Crippen molar-refractivity contribution >= 4 is 17.6 Å². The van der Waals surface area contributed by atoms with Gasteiger partial charge in [0, 0.05) is 18.8 Å². The highest BCUT2D eigenvalue weighted by molar-refractivity contribution is 5.91. The third-order valence-corrected chi connectivity index (χ3v) is 4.52. The van der Waals surface area contributed by atoms with Crippen LogP contribution in [-0.2, 0) is 4.79 Å². The zero-order valence-corrected chi connectivity index (χ0v) is 14.3. The zero-order valence-electron chi connectivity index (χ0n) is 14.3. The second-order valence-electron chi connectivity index (χ2n) is 6.44. The molecule has 0 spiro atoms. The fourth-order valence-corrected chi connectivity index (χ4v) is 3.02. The van der Waals surface area contributed by atoms with Crippen LogP contribution >= 0.6 is 0 Å². The van der Waals surface area contributed by atoms with Gasteiger partial charge in [-0.1, -0.05) is 17.7 Å². The number of nitrogens with zero attached hydrogens (tertiary/aromatic N) is 1. The van der Waals surface area contributed by atoms with E-state index in [4.69, 9.17) is 10.5 Å². The summed E-state index contributed by atoms with van der Waals surface area (Å²) in [5.41, 5.74) is 8.02. The van der Waals surface area contributed by atoms with E-state index in [1.807, 2.05) is 31.2 Å². The summed E-state index contributed by atoms with van der Waals surface area (Å²) < 4.78 is 5.38. The van der Waals surface area contributed by atoms with E-state index >= 15 is 0 Å². The quantitative estimate of drug-likeness (QED) is 0.687. The molecule has 3 rings (SSSR count). The van der Waals surface area contributed by atoms with E-state index in [0.717, 1.165) is 30.6 Å². The van der Waals surface area contributed by atoms with E-state index in [1.165, 1.54) is 0 Å². The molecule has 0 aromatic heterocycles. The third-order valence-electron chi connectivity index (χ3n) is 4.52. The molecule has 2 aromatic carbocycles. The maximum absolute atomic E-state index is 12.2. The van der Waals surface area contributed by atoms with Gasteiger partial charge < -0.3 is 15.4 Å². The number of benzene rings is 2. The van der Waals surface area contributed by atoms with E-state index < -0.39 is 0 Å². The summed E-state index contributed by atoms with van der Waals surface area (Å²) in [6.07, 6.45) is 1.78. The van der Waals surface area contributed by atoms with Gasteiger partial charge in [0.25, 0.3) is 0 Å². The van der Waals surface area contributed by atoms with Crippen molar-refractivity contribution in [3.05, 3.63) is 59.7 Å². The highest BCUT2D eigenvalue weighted by atomic mass is 16.5. The number of amides is 1. The number of hydrogen-bond donors (Lipinski definition) is 1. The summed E-state index contributed by atoms with van der Waals surface area (Å²) in [4.78, 5) is 25.8. The Hall–Kier alpha value is -2.82. The van der Waals surface area contributed by atoms with Gasteiger partial charge in [-0.25, -0.2) is 4.79 Å². The molecule has 1 atom stereocenters. The molecule has 1 saturated heterocycles. The van der Waals surface area contributed by atoms with E-state index in [9.17, 15) is 9.59 Å². The predicted molar refractivity (Wildman–Crippen MR) is 96.7 cm³/mol. The molecule has 1 aliphatic rings. The molecule has 0 unspecified atom stereocenters. The van der Waals surface area contributed by atoms with Gasteiger partial charge in [-0.3, -0.25) is 4.79 Å². The van der Waals surface area contributed by atoms with Gasteiger partial charge in [0.1, 0.15) is 5.75 Å². The molecule has 0 bridgehead atoms. The molecular weight excluding hydrogens is 316 g/mol. The molecule has 1 fully saturated rings. The van der Waals surface area contributed by atoms with Gasteiger partial charge in [0.2, 0.25) is 5.91 Å². The van der Waals surface area contributed by atoms with E-state index in [-0.39, 0.29) is 17.8 Å². The lowest BCUT2D eigenvalue weighted by molar-refractivity contribution is -0.122. The summed E-state index contributed by atoms with van der Waals surface area (Å²) in [6, 6.07) is 14.6. The Morgan fingerprint density at radius 2 is 1.76 bits per heavy atom. The molecule has 2 aromatic rings. The molecule has 0 radical (unpaired) electrons. The van der Waals surface area contributed by atoms with Crippen LogP contribution < -0.4 is 15.4 Å². The van der Waals surface area contributed by atoms with Crippen LogP contribution in [0, 0.1) is 12.8 Å². The molecule has 130 valence electrons. The van der Waals surface area contributed by atoms with Gasteiger partial charge >= 0.3 is 5.97 Å². The van der Waals surface area contributed by atoms with Gasteiger partial charge in [-0.15, -0.1) is 0 Å². The standard InChI is InChI=1S/C20H22N2O3/c1-14-4-10-18(11-5-14)25-20(24)15-6-8-17(9-7-15)22-12-2-3-16(13-22)19(21)23/h4-11,16H,2-3,12-13H2,1H3,(H2,21,23)/t16-/m1/s1. The summed E-state index contributed by atoms with van der Waals surface area (Å²) in [7, 11) is 0. The van der Waals surface area contributed by atoms with Gasteiger partial charge in [-0.2, -0.15) is 0 Å². The lowest BCUT2D eigenvalue weighted by Crippen LogP contribution is -2.41. The van der Waals surface area contributed by atoms with Crippen molar-refractivity contribution in [3.63, 3.8) is 0 Å². The number of esters is 1. The van der Waals surface area contributed by atoms with Gasteiger partial charge in [0.15, 0.2) is 0 Å². The van der Waals surface area contributed by atoms with E-state index in [2.05, 4.69) is 4.90 Å². The van der Waals surface area contributed by atoms with Crippen LogP contribution in [0.4, 0.5) is 5.69 Å².